The summed E-state index contributed by atoms with van der Waals surface area (Å²) in [5.41, 5.74) is 2.83. The number of aromatic hydroxyl groups is 1. The predicted octanol–water partition coefficient (Wildman–Crippen LogP) is 4.98. The first-order valence-corrected chi connectivity index (χ1v) is 8.18. The van der Waals surface area contributed by atoms with Gasteiger partial charge in [-0.3, -0.25) is 0 Å². The maximum Gasteiger partial charge on any atom is 0.204 e. The highest BCUT2D eigenvalue weighted by atomic mass is 35.5. The average molecular weight is 330 g/mol. The number of halogens is 1. The largest absolute Gasteiger partial charge is 0.508 e. The Morgan fingerprint density at radius 2 is 2.04 bits per heavy atom. The molecule has 0 unspecified atom stereocenters. The summed E-state index contributed by atoms with van der Waals surface area (Å²) >= 11 is 6.05. The molecule has 0 fully saturated rings. The van der Waals surface area contributed by atoms with Gasteiger partial charge in [-0.1, -0.05) is 30.7 Å². The normalized spacial score (nSPS) is 12.5. The van der Waals surface area contributed by atoms with Crippen molar-refractivity contribution < 1.29 is 5.11 Å². The molecule has 4 nitrogen and oxygen atoms in total. The van der Waals surface area contributed by atoms with Gasteiger partial charge >= 0.3 is 0 Å². The molecular weight excluding hydrogens is 310 g/mol. The van der Waals surface area contributed by atoms with E-state index in [0.717, 1.165) is 35.5 Å². The summed E-state index contributed by atoms with van der Waals surface area (Å²) in [4.78, 5) is 4.69. The van der Waals surface area contributed by atoms with E-state index < -0.39 is 0 Å². The number of anilines is 1. The lowest BCUT2D eigenvalue weighted by molar-refractivity contribution is 0.465. The molecule has 0 saturated heterocycles. The van der Waals surface area contributed by atoms with Gasteiger partial charge in [0.05, 0.1) is 17.1 Å². The summed E-state index contributed by atoms with van der Waals surface area (Å²) in [6.07, 6.45) is 1.02. The number of benzene rings is 2. The molecule has 0 spiro atoms. The highest BCUT2D eigenvalue weighted by Gasteiger charge is 2.15. The third-order valence-electron chi connectivity index (χ3n) is 3.90. The van der Waals surface area contributed by atoms with E-state index in [-0.39, 0.29) is 11.8 Å². The smallest absolute Gasteiger partial charge is 0.204 e. The predicted molar refractivity (Wildman–Crippen MR) is 95.2 cm³/mol. The monoisotopic (exact) mass is 329 g/mol. The highest BCUT2D eigenvalue weighted by Crippen LogP contribution is 2.30. The quantitative estimate of drug-likeness (QED) is 0.694. The van der Waals surface area contributed by atoms with Crippen molar-refractivity contribution in [3.05, 3.63) is 53.1 Å². The van der Waals surface area contributed by atoms with Crippen LogP contribution in [0.3, 0.4) is 0 Å². The topological polar surface area (TPSA) is 50.1 Å². The summed E-state index contributed by atoms with van der Waals surface area (Å²) in [7, 11) is 0. The van der Waals surface area contributed by atoms with Crippen molar-refractivity contribution in [1.29, 1.82) is 0 Å². The first kappa shape index (κ1) is 15.7. The number of phenols is 1. The average Bonchev–Trinajstić information content (AvgIpc) is 2.88. The van der Waals surface area contributed by atoms with E-state index in [4.69, 9.17) is 11.6 Å². The first-order chi connectivity index (χ1) is 11.1. The number of aryl methyl sites for hydroxylation is 1. The van der Waals surface area contributed by atoms with Gasteiger partial charge in [0, 0.05) is 17.1 Å². The second-order valence-electron chi connectivity index (χ2n) is 5.64. The third-order valence-corrected chi connectivity index (χ3v) is 4.14. The standard InChI is InChI=1S/C18H20ClN3O/c1-3-10-22-16-7-5-4-6-15(16)21-18(22)20-12(2)14-11-13(19)8-9-17(14)23/h4-9,11-12,23H,3,10H2,1-2H3,(H,20,21)/t12-/m1/s1. The van der Waals surface area contributed by atoms with Crippen LogP contribution in [0.15, 0.2) is 42.5 Å². The van der Waals surface area contributed by atoms with Gasteiger partial charge in [-0.25, -0.2) is 4.98 Å². The highest BCUT2D eigenvalue weighted by molar-refractivity contribution is 6.30. The van der Waals surface area contributed by atoms with Crippen molar-refractivity contribution in [2.45, 2.75) is 32.9 Å². The van der Waals surface area contributed by atoms with Gasteiger partial charge < -0.3 is 15.0 Å². The molecule has 3 rings (SSSR count). The van der Waals surface area contributed by atoms with Crippen molar-refractivity contribution in [1.82, 2.24) is 9.55 Å². The molecule has 23 heavy (non-hydrogen) atoms. The van der Waals surface area contributed by atoms with Crippen molar-refractivity contribution in [3.63, 3.8) is 0 Å². The Hall–Kier alpha value is -2.20. The second-order valence-corrected chi connectivity index (χ2v) is 6.08. The summed E-state index contributed by atoms with van der Waals surface area (Å²) in [6.45, 7) is 5.02. The Morgan fingerprint density at radius 3 is 2.83 bits per heavy atom. The number of hydrogen-bond acceptors (Lipinski definition) is 3. The Morgan fingerprint density at radius 1 is 1.26 bits per heavy atom. The van der Waals surface area contributed by atoms with Crippen LogP contribution in [-0.2, 0) is 6.54 Å². The number of fused-ring (bicyclic) bond motifs is 1. The van der Waals surface area contributed by atoms with Gasteiger partial charge in [-0.05, 0) is 43.7 Å². The van der Waals surface area contributed by atoms with E-state index in [0.29, 0.717) is 5.02 Å². The number of imidazole rings is 1. The van der Waals surface area contributed by atoms with Gasteiger partial charge in [0.1, 0.15) is 5.75 Å². The van der Waals surface area contributed by atoms with Crippen LogP contribution in [0.2, 0.25) is 5.02 Å². The molecule has 2 aromatic carbocycles. The van der Waals surface area contributed by atoms with E-state index in [2.05, 4.69) is 27.9 Å². The fourth-order valence-electron chi connectivity index (χ4n) is 2.78. The van der Waals surface area contributed by atoms with Crippen LogP contribution in [0.4, 0.5) is 5.95 Å². The van der Waals surface area contributed by atoms with Gasteiger partial charge in [0.25, 0.3) is 0 Å². The number of nitrogens with one attached hydrogen (secondary N) is 1. The van der Waals surface area contributed by atoms with Crippen LogP contribution >= 0.6 is 11.6 Å². The van der Waals surface area contributed by atoms with E-state index in [1.54, 1.807) is 18.2 Å². The minimum atomic E-state index is -0.110. The fraction of sp³-hybridized carbons (Fsp3) is 0.278. The van der Waals surface area contributed by atoms with Crippen LogP contribution in [-0.4, -0.2) is 14.7 Å². The number of hydrogen-bond donors (Lipinski definition) is 2. The Kier molecular flexibility index (Phi) is 4.44. The second kappa shape index (κ2) is 6.50. The zero-order valence-corrected chi connectivity index (χ0v) is 14.0. The number of para-hydroxylation sites is 2. The third kappa shape index (κ3) is 3.13. The molecule has 1 atom stereocenters. The van der Waals surface area contributed by atoms with Crippen molar-refractivity contribution in [3.8, 4) is 5.75 Å². The fourth-order valence-corrected chi connectivity index (χ4v) is 2.96. The molecule has 3 aromatic rings. The molecule has 0 radical (unpaired) electrons. The molecule has 0 aliphatic heterocycles. The SMILES string of the molecule is CCCn1c(N[C@H](C)c2cc(Cl)ccc2O)nc2ccccc21. The lowest BCUT2D eigenvalue weighted by atomic mass is 10.1. The zero-order valence-electron chi connectivity index (χ0n) is 13.3. The summed E-state index contributed by atoms with van der Waals surface area (Å²) in [5.74, 6) is 1.03. The number of phenolic OH excluding ortho intramolecular Hbond substituents is 1. The minimum Gasteiger partial charge on any atom is -0.508 e. The summed E-state index contributed by atoms with van der Waals surface area (Å²) < 4.78 is 2.17. The van der Waals surface area contributed by atoms with Crippen LogP contribution in [0.5, 0.6) is 5.75 Å². The Labute approximate surface area is 140 Å². The van der Waals surface area contributed by atoms with E-state index in [1.165, 1.54) is 0 Å². The molecule has 0 saturated carbocycles. The number of nitrogens with zero attached hydrogens (tertiary/aromatic N) is 2. The van der Waals surface area contributed by atoms with Crippen LogP contribution in [0.1, 0.15) is 31.9 Å². The lowest BCUT2D eigenvalue weighted by Gasteiger charge is -2.17. The van der Waals surface area contributed by atoms with E-state index in [1.807, 2.05) is 25.1 Å². The van der Waals surface area contributed by atoms with Gasteiger partial charge in [-0.2, -0.15) is 0 Å². The van der Waals surface area contributed by atoms with Gasteiger partial charge in [0.2, 0.25) is 5.95 Å². The molecular formula is C18H20ClN3O. The molecule has 1 aromatic heterocycles. The van der Waals surface area contributed by atoms with Crippen molar-refractivity contribution in [2.24, 2.45) is 0 Å². The minimum absolute atomic E-state index is 0.110. The molecule has 0 aliphatic rings. The van der Waals surface area contributed by atoms with E-state index >= 15 is 0 Å². The van der Waals surface area contributed by atoms with Crippen LogP contribution < -0.4 is 5.32 Å². The maximum absolute atomic E-state index is 10.1. The zero-order chi connectivity index (χ0) is 16.4. The van der Waals surface area contributed by atoms with Crippen LogP contribution in [0.25, 0.3) is 11.0 Å². The molecule has 0 amide bonds. The molecule has 0 aliphatic carbocycles. The first-order valence-electron chi connectivity index (χ1n) is 7.80. The van der Waals surface area contributed by atoms with Crippen molar-refractivity contribution in [2.75, 3.05) is 5.32 Å². The number of aromatic nitrogens is 2. The lowest BCUT2D eigenvalue weighted by Crippen LogP contribution is -2.12. The molecule has 0 bridgehead atoms. The van der Waals surface area contributed by atoms with E-state index in [9.17, 15) is 5.11 Å². The summed E-state index contributed by atoms with van der Waals surface area (Å²) in [5, 5.41) is 14.1. The summed E-state index contributed by atoms with van der Waals surface area (Å²) in [6, 6.07) is 13.1. The van der Waals surface area contributed by atoms with Crippen molar-refractivity contribution >= 4 is 28.6 Å². The Balaban J connectivity index is 1.97. The molecule has 120 valence electrons. The number of rotatable bonds is 5. The molecule has 1 heterocycles. The van der Waals surface area contributed by atoms with Gasteiger partial charge in [-0.15, -0.1) is 0 Å². The molecule has 5 heteroatoms. The molecule has 2 N–H and O–H groups in total. The van der Waals surface area contributed by atoms with Gasteiger partial charge in [0.15, 0.2) is 0 Å². The Bertz CT molecular complexity index is 828. The van der Waals surface area contributed by atoms with Crippen LogP contribution in [0, 0.1) is 0 Å². The maximum atomic E-state index is 10.1.